The molecule has 0 spiro atoms. The van der Waals surface area contributed by atoms with E-state index in [0.29, 0.717) is 0 Å². The molecule has 0 saturated heterocycles. The van der Waals surface area contributed by atoms with Gasteiger partial charge >= 0.3 is 0 Å². The fraction of sp³-hybridized carbons (Fsp3) is 0.182. The monoisotopic (exact) mass is 226 g/mol. The van der Waals surface area contributed by atoms with Gasteiger partial charge in [-0.15, -0.1) is 6.58 Å². The number of benzene rings is 1. The molecule has 5 heteroatoms. The fourth-order valence-corrected chi connectivity index (χ4v) is 1.25. The number of carbonyl (C=O) groups excluding carboxylic acids is 1. The number of nitrogens with two attached hydrogens (primary N) is 1. The van der Waals surface area contributed by atoms with Gasteiger partial charge in [0, 0.05) is 13.6 Å². The first kappa shape index (κ1) is 12.2. The zero-order valence-corrected chi connectivity index (χ0v) is 8.84. The number of hydrogen-bond donors (Lipinski definition) is 1. The van der Waals surface area contributed by atoms with Crippen molar-refractivity contribution in [1.82, 2.24) is 4.90 Å². The number of nitrogens with zero attached hydrogens (tertiary/aromatic N) is 1. The average Bonchev–Trinajstić information content (AvgIpc) is 2.22. The molecule has 0 aliphatic heterocycles. The van der Waals surface area contributed by atoms with Gasteiger partial charge in [0.1, 0.15) is 5.82 Å². The second-order valence-corrected chi connectivity index (χ2v) is 3.33. The highest BCUT2D eigenvalue weighted by Crippen LogP contribution is 2.18. The largest absolute Gasteiger partial charge is 0.396 e. The van der Waals surface area contributed by atoms with Crippen LogP contribution in [-0.4, -0.2) is 24.4 Å². The Morgan fingerprint density at radius 2 is 2.19 bits per heavy atom. The minimum atomic E-state index is -0.901. The topological polar surface area (TPSA) is 46.3 Å². The highest BCUT2D eigenvalue weighted by Gasteiger charge is 2.18. The number of rotatable bonds is 3. The van der Waals surface area contributed by atoms with Gasteiger partial charge in [0.05, 0.1) is 11.3 Å². The molecule has 0 heterocycles. The zero-order valence-electron chi connectivity index (χ0n) is 8.84. The van der Waals surface area contributed by atoms with Crippen molar-refractivity contribution in [1.29, 1.82) is 0 Å². The molecule has 0 saturated carbocycles. The summed E-state index contributed by atoms with van der Waals surface area (Å²) < 4.78 is 26.4. The molecule has 86 valence electrons. The van der Waals surface area contributed by atoms with Gasteiger partial charge in [0.25, 0.3) is 5.91 Å². The maximum atomic E-state index is 13.5. The van der Waals surface area contributed by atoms with Crippen molar-refractivity contribution in [3.8, 4) is 0 Å². The summed E-state index contributed by atoms with van der Waals surface area (Å²) in [5.41, 5.74) is 4.47. The van der Waals surface area contributed by atoms with Gasteiger partial charge in [-0.25, -0.2) is 8.78 Å². The second kappa shape index (κ2) is 4.74. The van der Waals surface area contributed by atoms with E-state index >= 15 is 0 Å². The van der Waals surface area contributed by atoms with Crippen molar-refractivity contribution < 1.29 is 13.6 Å². The fourth-order valence-electron chi connectivity index (χ4n) is 1.25. The average molecular weight is 226 g/mol. The molecule has 1 amide bonds. The Labute approximate surface area is 92.2 Å². The summed E-state index contributed by atoms with van der Waals surface area (Å²) in [6, 6.07) is 1.66. The first-order valence-electron chi connectivity index (χ1n) is 4.58. The van der Waals surface area contributed by atoms with Crippen molar-refractivity contribution in [2.24, 2.45) is 0 Å². The highest BCUT2D eigenvalue weighted by molar-refractivity contribution is 5.95. The summed E-state index contributed by atoms with van der Waals surface area (Å²) in [5, 5.41) is 0. The lowest BCUT2D eigenvalue weighted by atomic mass is 10.1. The molecule has 3 nitrogen and oxygen atoms in total. The molecule has 0 bridgehead atoms. The number of carbonyl (C=O) groups is 1. The molecular formula is C11H12F2N2O. The molecule has 0 aliphatic carbocycles. The first-order valence-corrected chi connectivity index (χ1v) is 4.58. The van der Waals surface area contributed by atoms with E-state index in [1.807, 2.05) is 0 Å². The molecule has 0 unspecified atom stereocenters. The van der Waals surface area contributed by atoms with Crippen LogP contribution in [0.25, 0.3) is 0 Å². The number of anilines is 1. The third kappa shape index (κ3) is 2.36. The Morgan fingerprint density at radius 3 is 2.75 bits per heavy atom. The lowest BCUT2D eigenvalue weighted by molar-refractivity contribution is 0.0805. The van der Waals surface area contributed by atoms with E-state index in [1.54, 1.807) is 0 Å². The molecule has 0 radical (unpaired) electrons. The first-order chi connectivity index (χ1) is 7.47. The van der Waals surface area contributed by atoms with E-state index in [2.05, 4.69) is 6.58 Å². The summed E-state index contributed by atoms with van der Waals surface area (Å²) in [5.74, 6) is -2.28. The SMILES string of the molecule is C=CCN(C)C(=O)c1cc(F)cc(N)c1F. The number of amides is 1. The molecule has 0 aromatic heterocycles. The highest BCUT2D eigenvalue weighted by atomic mass is 19.1. The number of hydrogen-bond acceptors (Lipinski definition) is 2. The molecular weight excluding hydrogens is 214 g/mol. The molecule has 0 aliphatic rings. The van der Waals surface area contributed by atoms with Crippen LogP contribution in [0.4, 0.5) is 14.5 Å². The van der Waals surface area contributed by atoms with Gasteiger partial charge in [0.2, 0.25) is 0 Å². The molecule has 16 heavy (non-hydrogen) atoms. The van der Waals surface area contributed by atoms with E-state index in [0.717, 1.165) is 12.1 Å². The quantitative estimate of drug-likeness (QED) is 0.631. The van der Waals surface area contributed by atoms with Gasteiger partial charge < -0.3 is 10.6 Å². The van der Waals surface area contributed by atoms with Crippen LogP contribution >= 0.6 is 0 Å². The molecule has 1 rings (SSSR count). The summed E-state index contributed by atoms with van der Waals surface area (Å²) in [7, 11) is 1.46. The van der Waals surface area contributed by atoms with Gasteiger partial charge in [-0.05, 0) is 12.1 Å². The van der Waals surface area contributed by atoms with Crippen molar-refractivity contribution in [2.45, 2.75) is 0 Å². The lowest BCUT2D eigenvalue weighted by Gasteiger charge is -2.15. The Bertz CT molecular complexity index is 432. The summed E-state index contributed by atoms with van der Waals surface area (Å²) in [6.45, 7) is 3.69. The van der Waals surface area contributed by atoms with Gasteiger partial charge in [-0.3, -0.25) is 4.79 Å². The molecule has 2 N–H and O–H groups in total. The summed E-state index contributed by atoms with van der Waals surface area (Å²) >= 11 is 0. The molecule has 0 fully saturated rings. The normalized spacial score (nSPS) is 9.94. The Morgan fingerprint density at radius 1 is 1.56 bits per heavy atom. The zero-order chi connectivity index (χ0) is 12.3. The van der Waals surface area contributed by atoms with Crippen LogP contribution < -0.4 is 5.73 Å². The van der Waals surface area contributed by atoms with Crippen molar-refractivity contribution >= 4 is 11.6 Å². The van der Waals surface area contributed by atoms with Gasteiger partial charge in [-0.2, -0.15) is 0 Å². The van der Waals surface area contributed by atoms with Gasteiger partial charge in [-0.1, -0.05) is 6.08 Å². The van der Waals surface area contributed by atoms with E-state index in [9.17, 15) is 13.6 Å². The standard InChI is InChI=1S/C11H12F2N2O/c1-3-4-15(2)11(16)8-5-7(12)6-9(14)10(8)13/h3,5-6H,1,4,14H2,2H3. The predicted octanol–water partition coefficient (Wildman–Crippen LogP) is 1.80. The maximum absolute atomic E-state index is 13.5. The van der Waals surface area contributed by atoms with E-state index in [4.69, 9.17) is 5.73 Å². The van der Waals surface area contributed by atoms with Crippen LogP contribution in [0.3, 0.4) is 0 Å². The van der Waals surface area contributed by atoms with E-state index in [-0.39, 0.29) is 17.8 Å². The van der Waals surface area contributed by atoms with Crippen LogP contribution in [0.2, 0.25) is 0 Å². The van der Waals surface area contributed by atoms with Crippen molar-refractivity contribution in [2.75, 3.05) is 19.3 Å². The Balaban J connectivity index is 3.12. The summed E-state index contributed by atoms with van der Waals surface area (Å²) in [6.07, 6.45) is 1.48. The van der Waals surface area contributed by atoms with Crippen LogP contribution in [0.15, 0.2) is 24.8 Å². The van der Waals surface area contributed by atoms with Gasteiger partial charge in [0.15, 0.2) is 5.82 Å². The maximum Gasteiger partial charge on any atom is 0.257 e. The van der Waals surface area contributed by atoms with E-state index in [1.165, 1.54) is 18.0 Å². The van der Waals surface area contributed by atoms with Crippen LogP contribution in [0.1, 0.15) is 10.4 Å². The van der Waals surface area contributed by atoms with Crippen LogP contribution in [0, 0.1) is 11.6 Å². The lowest BCUT2D eigenvalue weighted by Crippen LogP contribution is -2.27. The Kier molecular flexibility index (Phi) is 3.60. The van der Waals surface area contributed by atoms with Crippen LogP contribution in [-0.2, 0) is 0 Å². The molecule has 1 aromatic rings. The minimum Gasteiger partial charge on any atom is -0.396 e. The van der Waals surface area contributed by atoms with E-state index < -0.39 is 17.5 Å². The molecule has 0 atom stereocenters. The summed E-state index contributed by atoms with van der Waals surface area (Å²) in [4.78, 5) is 12.9. The molecule has 1 aromatic carbocycles. The number of halogens is 2. The number of nitrogen functional groups attached to an aromatic ring is 1. The third-order valence-corrected chi connectivity index (χ3v) is 2.05. The van der Waals surface area contributed by atoms with Crippen molar-refractivity contribution in [3.63, 3.8) is 0 Å². The minimum absolute atomic E-state index is 0.245. The third-order valence-electron chi connectivity index (χ3n) is 2.05. The Hall–Kier alpha value is -1.91. The number of likely N-dealkylation sites (N-methyl/N-ethyl adjacent to an activating group) is 1. The smallest absolute Gasteiger partial charge is 0.257 e. The predicted molar refractivity (Wildman–Crippen MR) is 57.9 cm³/mol. The van der Waals surface area contributed by atoms with Crippen LogP contribution in [0.5, 0.6) is 0 Å². The van der Waals surface area contributed by atoms with Crippen molar-refractivity contribution in [3.05, 3.63) is 42.0 Å². The second-order valence-electron chi connectivity index (χ2n) is 3.33.